The number of hydrogen-bond acceptors (Lipinski definition) is 3. The Kier molecular flexibility index (Phi) is 5.83. The van der Waals surface area contributed by atoms with E-state index in [-0.39, 0.29) is 34.9 Å². The van der Waals surface area contributed by atoms with Crippen LogP contribution in [-0.4, -0.2) is 40.9 Å². The minimum Gasteiger partial charge on any atom is -0.481 e. The Balaban J connectivity index is 2.12. The fourth-order valence-corrected chi connectivity index (χ4v) is 2.86. The topological polar surface area (TPSA) is 86.7 Å². The lowest BCUT2D eigenvalue weighted by Gasteiger charge is -2.17. The average molecular weight is 353 g/mol. The third kappa shape index (κ3) is 4.47. The first-order valence-corrected chi connectivity index (χ1v) is 8.27. The van der Waals surface area contributed by atoms with Crippen LogP contribution in [0.1, 0.15) is 37.0 Å². The van der Waals surface area contributed by atoms with Gasteiger partial charge in [-0.25, -0.2) is 0 Å². The van der Waals surface area contributed by atoms with Crippen molar-refractivity contribution in [3.05, 3.63) is 28.8 Å². The Hall–Kier alpha value is -2.08. The van der Waals surface area contributed by atoms with E-state index >= 15 is 0 Å². The molecule has 1 aromatic rings. The molecule has 0 aliphatic carbocycles. The van der Waals surface area contributed by atoms with Gasteiger partial charge in [0.2, 0.25) is 5.91 Å². The van der Waals surface area contributed by atoms with Crippen molar-refractivity contribution in [3.63, 3.8) is 0 Å². The number of amides is 2. The standard InChI is InChI=1S/C17H21ClN2O4/c1-10(2)7-15(21)19-12-3-4-14(18)13(8-12)16(22)20-6-5-11(9-20)17(23)24/h3-4,8,10-11H,5-7,9H2,1-2H3,(H,19,21)(H,23,24). The van der Waals surface area contributed by atoms with Crippen LogP contribution in [0.5, 0.6) is 0 Å². The Bertz CT molecular complexity index is 660. The van der Waals surface area contributed by atoms with Crippen molar-refractivity contribution in [2.24, 2.45) is 11.8 Å². The van der Waals surface area contributed by atoms with Gasteiger partial charge in [0.15, 0.2) is 0 Å². The van der Waals surface area contributed by atoms with Crippen molar-refractivity contribution in [3.8, 4) is 0 Å². The molecular formula is C17H21ClN2O4. The molecular weight excluding hydrogens is 332 g/mol. The summed E-state index contributed by atoms with van der Waals surface area (Å²) in [5.41, 5.74) is 0.771. The molecule has 2 N–H and O–H groups in total. The van der Waals surface area contributed by atoms with E-state index in [9.17, 15) is 14.4 Å². The van der Waals surface area contributed by atoms with Crippen molar-refractivity contribution < 1.29 is 19.5 Å². The zero-order chi connectivity index (χ0) is 17.9. The van der Waals surface area contributed by atoms with Gasteiger partial charge in [-0.05, 0) is 30.5 Å². The number of rotatable bonds is 5. The molecule has 1 saturated heterocycles. The Morgan fingerprint density at radius 3 is 2.67 bits per heavy atom. The molecule has 0 spiro atoms. The monoisotopic (exact) mass is 352 g/mol. The molecule has 1 aliphatic heterocycles. The molecule has 1 fully saturated rings. The molecule has 1 heterocycles. The highest BCUT2D eigenvalue weighted by molar-refractivity contribution is 6.34. The van der Waals surface area contributed by atoms with Crippen molar-refractivity contribution in [1.29, 1.82) is 0 Å². The van der Waals surface area contributed by atoms with Crippen molar-refractivity contribution in [2.45, 2.75) is 26.7 Å². The zero-order valence-electron chi connectivity index (χ0n) is 13.7. The fourth-order valence-electron chi connectivity index (χ4n) is 2.67. The van der Waals surface area contributed by atoms with E-state index in [2.05, 4.69) is 5.32 Å². The molecule has 0 bridgehead atoms. The SMILES string of the molecule is CC(C)CC(=O)Nc1ccc(Cl)c(C(=O)N2CCC(C(=O)O)C2)c1. The number of likely N-dealkylation sites (tertiary alicyclic amines) is 1. The number of benzene rings is 1. The second-order valence-corrected chi connectivity index (χ2v) is 6.82. The maximum Gasteiger partial charge on any atom is 0.308 e. The number of anilines is 1. The van der Waals surface area contributed by atoms with Gasteiger partial charge in [0.1, 0.15) is 0 Å². The molecule has 1 atom stereocenters. The van der Waals surface area contributed by atoms with E-state index in [1.807, 2.05) is 13.8 Å². The molecule has 1 unspecified atom stereocenters. The summed E-state index contributed by atoms with van der Waals surface area (Å²) >= 11 is 6.11. The molecule has 0 aromatic heterocycles. The van der Waals surface area contributed by atoms with Gasteiger partial charge >= 0.3 is 5.97 Å². The normalized spacial score (nSPS) is 17.2. The lowest BCUT2D eigenvalue weighted by Crippen LogP contribution is -2.30. The summed E-state index contributed by atoms with van der Waals surface area (Å²) in [5, 5.41) is 12.1. The average Bonchev–Trinajstić information content (AvgIpc) is 2.97. The van der Waals surface area contributed by atoms with E-state index in [1.165, 1.54) is 11.0 Å². The first-order valence-electron chi connectivity index (χ1n) is 7.89. The third-order valence-electron chi connectivity index (χ3n) is 3.90. The summed E-state index contributed by atoms with van der Waals surface area (Å²) in [6, 6.07) is 4.74. The number of aliphatic carboxylic acids is 1. The van der Waals surface area contributed by atoms with Crippen molar-refractivity contribution in [1.82, 2.24) is 4.90 Å². The number of carbonyl (C=O) groups is 3. The van der Waals surface area contributed by atoms with E-state index in [0.717, 1.165) is 0 Å². The van der Waals surface area contributed by atoms with Crippen LogP contribution < -0.4 is 5.32 Å². The van der Waals surface area contributed by atoms with Crippen LogP contribution in [0, 0.1) is 11.8 Å². The van der Waals surface area contributed by atoms with Gasteiger partial charge in [-0.15, -0.1) is 0 Å². The second-order valence-electron chi connectivity index (χ2n) is 6.42. The summed E-state index contributed by atoms with van der Waals surface area (Å²) in [6.45, 7) is 4.45. The summed E-state index contributed by atoms with van der Waals surface area (Å²) in [7, 11) is 0. The highest BCUT2D eigenvalue weighted by Crippen LogP contribution is 2.25. The number of nitrogens with one attached hydrogen (secondary N) is 1. The molecule has 1 aromatic carbocycles. The quantitative estimate of drug-likeness (QED) is 0.853. The van der Waals surface area contributed by atoms with Gasteiger partial charge in [-0.1, -0.05) is 25.4 Å². The lowest BCUT2D eigenvalue weighted by molar-refractivity contribution is -0.141. The van der Waals surface area contributed by atoms with Gasteiger partial charge in [0, 0.05) is 25.2 Å². The maximum absolute atomic E-state index is 12.6. The van der Waals surface area contributed by atoms with Gasteiger partial charge in [-0.3, -0.25) is 14.4 Å². The first-order chi connectivity index (χ1) is 11.3. The van der Waals surface area contributed by atoms with Crippen molar-refractivity contribution >= 4 is 35.1 Å². The Labute approximate surface area is 145 Å². The number of carboxylic acids is 1. The molecule has 6 nitrogen and oxygen atoms in total. The molecule has 0 radical (unpaired) electrons. The minimum absolute atomic E-state index is 0.127. The summed E-state index contributed by atoms with van der Waals surface area (Å²) < 4.78 is 0. The van der Waals surface area contributed by atoms with Gasteiger partial charge < -0.3 is 15.3 Å². The molecule has 130 valence electrons. The fraction of sp³-hybridized carbons (Fsp3) is 0.471. The predicted octanol–water partition coefficient (Wildman–Crippen LogP) is 2.87. The maximum atomic E-state index is 12.6. The smallest absolute Gasteiger partial charge is 0.308 e. The van der Waals surface area contributed by atoms with Gasteiger partial charge in [-0.2, -0.15) is 0 Å². The predicted molar refractivity (Wildman–Crippen MR) is 91.2 cm³/mol. The zero-order valence-corrected chi connectivity index (χ0v) is 14.5. The Morgan fingerprint density at radius 1 is 1.38 bits per heavy atom. The van der Waals surface area contributed by atoms with E-state index in [4.69, 9.17) is 16.7 Å². The third-order valence-corrected chi connectivity index (χ3v) is 4.23. The molecule has 1 aliphatic rings. The van der Waals surface area contributed by atoms with Crippen LogP contribution in [0.15, 0.2) is 18.2 Å². The number of carbonyl (C=O) groups excluding carboxylic acids is 2. The first kappa shape index (κ1) is 18.3. The molecule has 24 heavy (non-hydrogen) atoms. The van der Waals surface area contributed by atoms with Crippen LogP contribution in [0.4, 0.5) is 5.69 Å². The van der Waals surface area contributed by atoms with Crippen molar-refractivity contribution in [2.75, 3.05) is 18.4 Å². The van der Waals surface area contributed by atoms with Crippen LogP contribution in [0.25, 0.3) is 0 Å². The molecule has 2 amide bonds. The van der Waals surface area contributed by atoms with E-state index < -0.39 is 11.9 Å². The second kappa shape index (κ2) is 7.66. The highest BCUT2D eigenvalue weighted by atomic mass is 35.5. The van der Waals surface area contributed by atoms with Gasteiger partial charge in [0.05, 0.1) is 16.5 Å². The van der Waals surface area contributed by atoms with Crippen LogP contribution in [0.2, 0.25) is 5.02 Å². The summed E-state index contributed by atoms with van der Waals surface area (Å²) in [6.07, 6.45) is 0.821. The molecule has 0 saturated carbocycles. The Morgan fingerprint density at radius 2 is 2.08 bits per heavy atom. The number of nitrogens with zero attached hydrogens (tertiary/aromatic N) is 1. The summed E-state index contributed by atoms with van der Waals surface area (Å²) in [5.74, 6) is -1.65. The molecule has 7 heteroatoms. The minimum atomic E-state index is -0.897. The molecule has 2 rings (SSSR count). The van der Waals surface area contributed by atoms with E-state index in [1.54, 1.807) is 12.1 Å². The lowest BCUT2D eigenvalue weighted by atomic mass is 10.1. The largest absolute Gasteiger partial charge is 0.481 e. The van der Waals surface area contributed by atoms with Crippen LogP contribution >= 0.6 is 11.6 Å². The van der Waals surface area contributed by atoms with Crippen LogP contribution in [-0.2, 0) is 9.59 Å². The van der Waals surface area contributed by atoms with Gasteiger partial charge in [0.25, 0.3) is 5.91 Å². The number of carboxylic acid groups (broad SMARTS) is 1. The number of hydrogen-bond donors (Lipinski definition) is 2. The summed E-state index contributed by atoms with van der Waals surface area (Å²) in [4.78, 5) is 37.0. The highest BCUT2D eigenvalue weighted by Gasteiger charge is 2.32. The van der Waals surface area contributed by atoms with E-state index in [0.29, 0.717) is 25.1 Å². The van der Waals surface area contributed by atoms with Crippen LogP contribution in [0.3, 0.4) is 0 Å². The number of halogens is 1.